The summed E-state index contributed by atoms with van der Waals surface area (Å²) < 4.78 is 10.3. The van der Waals surface area contributed by atoms with Gasteiger partial charge in [0.15, 0.2) is 0 Å². The van der Waals surface area contributed by atoms with Crippen LogP contribution >= 0.6 is 0 Å². The van der Waals surface area contributed by atoms with Gasteiger partial charge in [-0.15, -0.1) is 0 Å². The summed E-state index contributed by atoms with van der Waals surface area (Å²) >= 11 is 0. The summed E-state index contributed by atoms with van der Waals surface area (Å²) in [6, 6.07) is 42.3. The molecule has 5 nitrogen and oxygen atoms in total. The number of hydrogen-bond donors (Lipinski definition) is 0. The van der Waals surface area contributed by atoms with Gasteiger partial charge < -0.3 is 14.4 Å². The maximum atomic E-state index is 11.5. The molecule has 5 heteroatoms. The summed E-state index contributed by atoms with van der Waals surface area (Å²) in [5.41, 5.74) is 11.3. The molecule has 0 spiro atoms. The van der Waals surface area contributed by atoms with E-state index in [1.165, 1.54) is 40.0 Å². The average Bonchev–Trinajstić information content (AvgIpc) is 3.11. The number of esters is 2. The second-order valence-electron chi connectivity index (χ2n) is 11.4. The third-order valence-corrected chi connectivity index (χ3v) is 7.93. The molecular formula is C42H39NO4. The molecule has 0 saturated carbocycles. The van der Waals surface area contributed by atoms with E-state index in [9.17, 15) is 9.59 Å². The number of hydrogen-bond acceptors (Lipinski definition) is 5. The molecule has 0 N–H and O–H groups in total. The van der Waals surface area contributed by atoms with Crippen molar-refractivity contribution < 1.29 is 19.1 Å². The fourth-order valence-electron chi connectivity index (χ4n) is 5.22. The van der Waals surface area contributed by atoms with Crippen molar-refractivity contribution in [1.29, 1.82) is 0 Å². The van der Waals surface area contributed by atoms with Crippen LogP contribution in [0, 0.1) is 6.92 Å². The van der Waals surface area contributed by atoms with E-state index >= 15 is 0 Å². The van der Waals surface area contributed by atoms with E-state index in [1.54, 1.807) is 0 Å². The van der Waals surface area contributed by atoms with E-state index in [-0.39, 0.29) is 13.2 Å². The smallest absolute Gasteiger partial charge is 0.330 e. The van der Waals surface area contributed by atoms with Crippen LogP contribution in [0.25, 0.3) is 0 Å². The lowest BCUT2D eigenvalue weighted by atomic mass is 9.99. The molecule has 0 aliphatic heterocycles. The van der Waals surface area contributed by atoms with Crippen molar-refractivity contribution in [2.75, 3.05) is 4.90 Å². The molecule has 0 bridgehead atoms. The lowest BCUT2D eigenvalue weighted by Crippen LogP contribution is -2.10. The van der Waals surface area contributed by atoms with Crippen molar-refractivity contribution in [3.63, 3.8) is 0 Å². The Hall–Kier alpha value is -5.68. The van der Waals surface area contributed by atoms with Crippen molar-refractivity contribution in [2.45, 2.75) is 39.4 Å². The fraction of sp³-hybridized carbons (Fsp3) is 0.143. The predicted molar refractivity (Wildman–Crippen MR) is 189 cm³/mol. The minimum absolute atomic E-state index is 0.205. The summed E-state index contributed by atoms with van der Waals surface area (Å²) in [6.07, 6.45) is 5.09. The van der Waals surface area contributed by atoms with Crippen LogP contribution in [0.15, 0.2) is 147 Å². The topological polar surface area (TPSA) is 55.8 Å². The Kier molecular flexibility index (Phi) is 11.2. The van der Waals surface area contributed by atoms with Gasteiger partial charge in [0.25, 0.3) is 0 Å². The van der Waals surface area contributed by atoms with Gasteiger partial charge in [0.05, 0.1) is 0 Å². The van der Waals surface area contributed by atoms with Gasteiger partial charge in [-0.25, -0.2) is 9.59 Å². The summed E-state index contributed by atoms with van der Waals surface area (Å²) in [4.78, 5) is 25.0. The summed E-state index contributed by atoms with van der Waals surface area (Å²) in [5.74, 6) is -0.845. The molecule has 0 atom stereocenters. The number of aryl methyl sites for hydroxylation is 3. The summed E-state index contributed by atoms with van der Waals surface area (Å²) in [6.45, 7) is 9.42. The van der Waals surface area contributed by atoms with E-state index in [2.05, 4.69) is 110 Å². The zero-order chi connectivity index (χ0) is 33.0. The van der Waals surface area contributed by atoms with Gasteiger partial charge in [-0.3, -0.25) is 0 Å². The van der Waals surface area contributed by atoms with Gasteiger partial charge in [0.1, 0.15) is 13.2 Å². The maximum absolute atomic E-state index is 11.5. The quantitative estimate of drug-likeness (QED) is 0.0914. The molecule has 236 valence electrons. The van der Waals surface area contributed by atoms with Crippen molar-refractivity contribution in [1.82, 2.24) is 0 Å². The molecule has 0 fully saturated rings. The highest BCUT2D eigenvalue weighted by Gasteiger charge is 2.13. The number of anilines is 3. The van der Waals surface area contributed by atoms with Crippen LogP contribution in [0.1, 0.15) is 38.9 Å². The zero-order valence-electron chi connectivity index (χ0n) is 26.7. The van der Waals surface area contributed by atoms with E-state index in [0.29, 0.717) is 0 Å². The van der Waals surface area contributed by atoms with Gasteiger partial charge in [-0.2, -0.15) is 0 Å². The Morgan fingerprint density at radius 2 is 0.830 bits per heavy atom. The van der Waals surface area contributed by atoms with Crippen molar-refractivity contribution in [3.05, 3.63) is 186 Å². The molecule has 0 unspecified atom stereocenters. The lowest BCUT2D eigenvalue weighted by molar-refractivity contribution is -0.139. The lowest BCUT2D eigenvalue weighted by Gasteiger charge is -2.26. The molecular weight excluding hydrogens is 582 g/mol. The molecule has 0 aliphatic carbocycles. The first kappa shape index (κ1) is 32.7. The summed E-state index contributed by atoms with van der Waals surface area (Å²) in [7, 11) is 0. The molecule has 5 rings (SSSR count). The van der Waals surface area contributed by atoms with Crippen LogP contribution < -0.4 is 4.90 Å². The maximum Gasteiger partial charge on any atom is 0.330 e. The molecule has 5 aromatic carbocycles. The normalized spacial score (nSPS) is 10.6. The van der Waals surface area contributed by atoms with Crippen molar-refractivity contribution >= 4 is 29.0 Å². The third kappa shape index (κ3) is 9.41. The van der Waals surface area contributed by atoms with Crippen LogP contribution in [-0.2, 0) is 51.5 Å². The molecule has 0 amide bonds. The monoisotopic (exact) mass is 621 g/mol. The largest absolute Gasteiger partial charge is 0.458 e. The van der Waals surface area contributed by atoms with Crippen LogP contribution in [0.3, 0.4) is 0 Å². The van der Waals surface area contributed by atoms with Gasteiger partial charge in [-0.1, -0.05) is 104 Å². The second-order valence-corrected chi connectivity index (χ2v) is 11.4. The molecule has 0 radical (unpaired) electrons. The van der Waals surface area contributed by atoms with Crippen LogP contribution in [0.5, 0.6) is 0 Å². The fourth-order valence-corrected chi connectivity index (χ4v) is 5.22. The number of nitrogens with zero attached hydrogens (tertiary/aromatic N) is 1. The standard InChI is InChI=1S/C42H39NO4/c1-4-41(44)46-29-36-16-12-33(13-17-36)9-8-32-10-14-34(15-11-32)28-35-18-24-39(25-19-35)43(38-22-6-31(3)7-23-38)40-26-20-37(21-27-40)30-47-42(45)5-2/h4-7,10-27H,1-2,8-9,28-30H2,3H3. The van der Waals surface area contributed by atoms with Gasteiger partial charge >= 0.3 is 11.9 Å². The highest BCUT2D eigenvalue weighted by Crippen LogP contribution is 2.35. The Bertz CT molecular complexity index is 1790. The van der Waals surface area contributed by atoms with Crippen LogP contribution in [0.4, 0.5) is 17.1 Å². The number of benzene rings is 5. The van der Waals surface area contributed by atoms with Gasteiger partial charge in [0, 0.05) is 29.2 Å². The van der Waals surface area contributed by atoms with E-state index in [0.717, 1.165) is 47.5 Å². The molecule has 0 aromatic heterocycles. The van der Waals surface area contributed by atoms with E-state index < -0.39 is 11.9 Å². The Balaban J connectivity index is 1.21. The number of carbonyl (C=O) groups is 2. The average molecular weight is 622 g/mol. The third-order valence-electron chi connectivity index (χ3n) is 7.93. The van der Waals surface area contributed by atoms with Crippen LogP contribution in [-0.4, -0.2) is 11.9 Å². The first-order valence-electron chi connectivity index (χ1n) is 15.7. The van der Waals surface area contributed by atoms with E-state index in [4.69, 9.17) is 9.47 Å². The highest BCUT2D eigenvalue weighted by molar-refractivity contribution is 5.81. The molecule has 47 heavy (non-hydrogen) atoms. The van der Waals surface area contributed by atoms with Crippen LogP contribution in [0.2, 0.25) is 0 Å². The SMILES string of the molecule is C=CC(=O)OCc1ccc(CCc2ccc(Cc3ccc(N(c4ccc(C)cc4)c4ccc(COC(=O)C=C)cc4)cc3)cc2)cc1. The molecule has 5 aromatic rings. The number of rotatable bonds is 14. The Labute approximate surface area is 277 Å². The first-order valence-corrected chi connectivity index (χ1v) is 15.7. The Morgan fingerprint density at radius 1 is 0.511 bits per heavy atom. The second kappa shape index (κ2) is 16.1. The molecule has 0 aliphatic rings. The Morgan fingerprint density at radius 3 is 1.23 bits per heavy atom. The highest BCUT2D eigenvalue weighted by atomic mass is 16.5. The summed E-state index contributed by atoms with van der Waals surface area (Å²) in [5, 5.41) is 0. The molecule has 0 heterocycles. The van der Waals surface area contributed by atoms with E-state index in [1.807, 2.05) is 36.4 Å². The van der Waals surface area contributed by atoms with Gasteiger partial charge in [0.2, 0.25) is 0 Å². The van der Waals surface area contributed by atoms with Gasteiger partial charge in [-0.05, 0) is 96.0 Å². The minimum Gasteiger partial charge on any atom is -0.458 e. The van der Waals surface area contributed by atoms with Crippen molar-refractivity contribution in [2.24, 2.45) is 0 Å². The zero-order valence-corrected chi connectivity index (χ0v) is 26.7. The minimum atomic E-state index is -0.433. The molecule has 0 saturated heterocycles. The predicted octanol–water partition coefficient (Wildman–Crippen LogP) is 9.30. The first-order chi connectivity index (χ1) is 22.9. The number of ether oxygens (including phenoxy) is 2. The van der Waals surface area contributed by atoms with Crippen molar-refractivity contribution in [3.8, 4) is 0 Å². The number of carbonyl (C=O) groups excluding carboxylic acids is 2.